The molecule has 3 rings (SSSR count). The quantitative estimate of drug-likeness (QED) is 0.778. The number of nitrogen functional groups attached to an aromatic ring is 1. The Bertz CT molecular complexity index is 591. The highest BCUT2D eigenvalue weighted by atomic mass is 79.9. The predicted octanol–water partition coefficient (Wildman–Crippen LogP) is 1.83. The van der Waals surface area contributed by atoms with E-state index in [2.05, 4.69) is 49.6 Å². The summed E-state index contributed by atoms with van der Waals surface area (Å²) in [5.74, 6) is 0.531. The van der Waals surface area contributed by atoms with Gasteiger partial charge in [0.05, 0.1) is 15.6 Å². The highest BCUT2D eigenvalue weighted by Crippen LogP contribution is 2.37. The summed E-state index contributed by atoms with van der Waals surface area (Å²) >= 11 is 3.63. The van der Waals surface area contributed by atoms with Crippen molar-refractivity contribution < 1.29 is 0 Å². The first-order chi connectivity index (χ1) is 8.09. The molecule has 1 aliphatic heterocycles. The van der Waals surface area contributed by atoms with E-state index in [-0.39, 0.29) is 6.04 Å². The minimum absolute atomic E-state index is 0.279. The van der Waals surface area contributed by atoms with Gasteiger partial charge in [0.2, 0.25) is 0 Å². The summed E-state index contributed by atoms with van der Waals surface area (Å²) in [5, 5.41) is 4.44. The van der Waals surface area contributed by atoms with Crippen LogP contribution in [0.15, 0.2) is 10.8 Å². The Labute approximate surface area is 108 Å². The zero-order chi connectivity index (χ0) is 12.2. The molecule has 5 nitrogen and oxygen atoms in total. The fourth-order valence-electron chi connectivity index (χ4n) is 2.61. The van der Waals surface area contributed by atoms with Gasteiger partial charge in [0.25, 0.3) is 0 Å². The molecule has 1 aliphatic rings. The van der Waals surface area contributed by atoms with Gasteiger partial charge in [-0.05, 0) is 29.8 Å². The summed E-state index contributed by atoms with van der Waals surface area (Å²) in [6.45, 7) is 5.22. The zero-order valence-corrected chi connectivity index (χ0v) is 11.3. The Hall–Kier alpha value is -1.14. The molecule has 6 heteroatoms. The molecule has 2 aromatic heterocycles. The van der Waals surface area contributed by atoms with Crippen LogP contribution in [-0.2, 0) is 6.54 Å². The Kier molecular flexibility index (Phi) is 2.38. The molecule has 0 radical (unpaired) electrons. The molecule has 90 valence electrons. The highest BCUT2D eigenvalue weighted by molar-refractivity contribution is 9.10. The number of nitrogens with zero attached hydrogens (tertiary/aromatic N) is 3. The molecular formula is C11H14BrN5. The lowest BCUT2D eigenvalue weighted by atomic mass is 10.1. The van der Waals surface area contributed by atoms with Crippen molar-refractivity contribution in [3.63, 3.8) is 0 Å². The van der Waals surface area contributed by atoms with Gasteiger partial charge < -0.3 is 15.6 Å². The van der Waals surface area contributed by atoms with Crippen LogP contribution in [0, 0.1) is 0 Å². The van der Waals surface area contributed by atoms with E-state index >= 15 is 0 Å². The van der Waals surface area contributed by atoms with Crippen LogP contribution in [0.3, 0.4) is 0 Å². The van der Waals surface area contributed by atoms with Gasteiger partial charge in [-0.3, -0.25) is 0 Å². The minimum atomic E-state index is 0.279. The number of aromatic nitrogens is 3. The van der Waals surface area contributed by atoms with E-state index in [9.17, 15) is 0 Å². The standard InChI is InChI=1S/C11H14BrN5/c1-5-3-17-9(6(2)16-5)8(12)7-10(13)14-4-15-11(7)17/h4-6,16H,3H2,1-2H3,(H2,13,14,15). The average molecular weight is 296 g/mol. The van der Waals surface area contributed by atoms with E-state index in [0.29, 0.717) is 11.9 Å². The van der Waals surface area contributed by atoms with Crippen molar-refractivity contribution in [1.29, 1.82) is 0 Å². The van der Waals surface area contributed by atoms with Crippen molar-refractivity contribution in [3.05, 3.63) is 16.5 Å². The number of hydrogen-bond acceptors (Lipinski definition) is 4. The van der Waals surface area contributed by atoms with Crippen LogP contribution in [0.4, 0.5) is 5.82 Å². The van der Waals surface area contributed by atoms with E-state index in [1.54, 1.807) is 0 Å². The third kappa shape index (κ3) is 1.47. The topological polar surface area (TPSA) is 68.8 Å². The third-order valence-electron chi connectivity index (χ3n) is 3.25. The smallest absolute Gasteiger partial charge is 0.146 e. The number of nitrogens with one attached hydrogen (secondary N) is 1. The van der Waals surface area contributed by atoms with Crippen molar-refractivity contribution in [2.45, 2.75) is 32.5 Å². The number of fused-ring (bicyclic) bond motifs is 3. The largest absolute Gasteiger partial charge is 0.383 e. The molecule has 17 heavy (non-hydrogen) atoms. The Morgan fingerprint density at radius 1 is 1.47 bits per heavy atom. The summed E-state index contributed by atoms with van der Waals surface area (Å²) in [7, 11) is 0. The van der Waals surface area contributed by atoms with E-state index in [1.807, 2.05) is 0 Å². The van der Waals surface area contributed by atoms with Crippen LogP contribution in [0.2, 0.25) is 0 Å². The van der Waals surface area contributed by atoms with Crippen LogP contribution >= 0.6 is 15.9 Å². The second-order valence-corrected chi connectivity index (χ2v) is 5.35. The summed E-state index contributed by atoms with van der Waals surface area (Å²) in [6, 6.07) is 0.706. The fraction of sp³-hybridized carbons (Fsp3) is 0.455. The first kappa shape index (κ1) is 11.0. The summed E-state index contributed by atoms with van der Waals surface area (Å²) in [6.07, 6.45) is 1.52. The molecule has 0 fully saturated rings. The van der Waals surface area contributed by atoms with Gasteiger partial charge in [0.1, 0.15) is 17.8 Å². The molecule has 2 unspecified atom stereocenters. The Morgan fingerprint density at radius 3 is 3.00 bits per heavy atom. The highest BCUT2D eigenvalue weighted by Gasteiger charge is 2.28. The molecule has 0 saturated heterocycles. The van der Waals surface area contributed by atoms with Crippen molar-refractivity contribution in [3.8, 4) is 0 Å². The van der Waals surface area contributed by atoms with E-state index in [0.717, 1.165) is 22.1 Å². The van der Waals surface area contributed by atoms with Gasteiger partial charge in [-0.15, -0.1) is 0 Å². The number of halogens is 1. The lowest BCUT2D eigenvalue weighted by molar-refractivity contribution is 0.369. The second-order valence-electron chi connectivity index (χ2n) is 4.56. The third-order valence-corrected chi connectivity index (χ3v) is 4.05. The van der Waals surface area contributed by atoms with Gasteiger partial charge >= 0.3 is 0 Å². The normalized spacial score (nSPS) is 23.9. The molecule has 0 spiro atoms. The van der Waals surface area contributed by atoms with Crippen LogP contribution in [0.1, 0.15) is 25.6 Å². The predicted molar refractivity (Wildman–Crippen MR) is 70.7 cm³/mol. The van der Waals surface area contributed by atoms with Gasteiger partial charge in [0, 0.05) is 18.6 Å². The van der Waals surface area contributed by atoms with Crippen molar-refractivity contribution in [2.75, 3.05) is 5.73 Å². The molecular weight excluding hydrogens is 282 g/mol. The van der Waals surface area contributed by atoms with Crippen LogP contribution in [-0.4, -0.2) is 20.6 Å². The number of anilines is 1. The number of rotatable bonds is 0. The van der Waals surface area contributed by atoms with E-state index < -0.39 is 0 Å². The van der Waals surface area contributed by atoms with Crippen LogP contribution < -0.4 is 11.1 Å². The maximum absolute atomic E-state index is 5.93. The molecule has 0 aliphatic carbocycles. The van der Waals surface area contributed by atoms with E-state index in [4.69, 9.17) is 5.73 Å². The summed E-state index contributed by atoms with van der Waals surface area (Å²) in [4.78, 5) is 8.42. The first-order valence-electron chi connectivity index (χ1n) is 5.63. The molecule has 0 bridgehead atoms. The van der Waals surface area contributed by atoms with Gasteiger partial charge in [-0.1, -0.05) is 0 Å². The Morgan fingerprint density at radius 2 is 2.24 bits per heavy atom. The lowest BCUT2D eigenvalue weighted by Crippen LogP contribution is -2.39. The van der Waals surface area contributed by atoms with Gasteiger partial charge in [-0.2, -0.15) is 0 Å². The fourth-order valence-corrected chi connectivity index (χ4v) is 3.54. The van der Waals surface area contributed by atoms with E-state index in [1.165, 1.54) is 12.0 Å². The minimum Gasteiger partial charge on any atom is -0.383 e. The molecule has 2 atom stereocenters. The summed E-state index contributed by atoms with van der Waals surface area (Å²) < 4.78 is 3.24. The Balaban J connectivity index is 2.39. The average Bonchev–Trinajstić information content (AvgIpc) is 2.54. The van der Waals surface area contributed by atoms with Crippen LogP contribution in [0.5, 0.6) is 0 Å². The van der Waals surface area contributed by atoms with Gasteiger partial charge in [0.15, 0.2) is 0 Å². The molecule has 0 amide bonds. The van der Waals surface area contributed by atoms with Gasteiger partial charge in [-0.25, -0.2) is 9.97 Å². The number of nitrogens with two attached hydrogens (primary N) is 1. The van der Waals surface area contributed by atoms with Crippen molar-refractivity contribution >= 4 is 32.8 Å². The maximum Gasteiger partial charge on any atom is 0.146 e. The van der Waals surface area contributed by atoms with Crippen molar-refractivity contribution in [1.82, 2.24) is 19.9 Å². The summed E-state index contributed by atoms with van der Waals surface area (Å²) in [5.41, 5.74) is 8.05. The monoisotopic (exact) mass is 295 g/mol. The maximum atomic E-state index is 5.93. The number of hydrogen-bond donors (Lipinski definition) is 2. The van der Waals surface area contributed by atoms with Crippen molar-refractivity contribution in [2.24, 2.45) is 0 Å². The lowest BCUT2D eigenvalue weighted by Gasteiger charge is -2.29. The van der Waals surface area contributed by atoms with Crippen LogP contribution in [0.25, 0.3) is 11.0 Å². The molecule has 2 aromatic rings. The zero-order valence-electron chi connectivity index (χ0n) is 9.74. The molecule has 0 saturated carbocycles. The molecule has 3 heterocycles. The SMILES string of the molecule is CC1Cn2c(c(Br)c3c(N)ncnc32)C(C)N1. The second kappa shape index (κ2) is 3.68. The molecule has 3 N–H and O–H groups in total. The first-order valence-corrected chi connectivity index (χ1v) is 6.43. The molecule has 0 aromatic carbocycles.